The van der Waals surface area contributed by atoms with Crippen molar-refractivity contribution >= 4 is 11.7 Å². The molecule has 2 rings (SSSR count). The number of carbonyl (C=O) groups is 2. The maximum Gasteiger partial charge on any atom is 0.254 e. The molecule has 0 spiro atoms. The van der Waals surface area contributed by atoms with Crippen LogP contribution in [-0.2, 0) is 4.79 Å². The van der Waals surface area contributed by atoms with Gasteiger partial charge in [0, 0.05) is 31.0 Å². The SMILES string of the molecule is COc1ccc(C(=O)N2CCC(=O)C(C)C2)cc1O. The third-order valence-electron chi connectivity index (χ3n) is 3.39. The Labute approximate surface area is 111 Å². The Morgan fingerprint density at radius 3 is 2.79 bits per heavy atom. The van der Waals surface area contributed by atoms with Crippen LogP contribution in [0, 0.1) is 5.92 Å². The molecule has 1 fully saturated rings. The number of benzene rings is 1. The third-order valence-corrected chi connectivity index (χ3v) is 3.39. The number of hydrogen-bond donors (Lipinski definition) is 1. The van der Waals surface area contributed by atoms with Gasteiger partial charge in [0.15, 0.2) is 11.5 Å². The lowest BCUT2D eigenvalue weighted by atomic mass is 9.98. The quantitative estimate of drug-likeness (QED) is 0.877. The molecular formula is C14H17NO4. The molecule has 0 saturated carbocycles. The molecule has 0 bridgehead atoms. The zero-order valence-corrected chi connectivity index (χ0v) is 11.0. The van der Waals surface area contributed by atoms with E-state index in [0.29, 0.717) is 30.8 Å². The number of phenolic OH excluding ortho intramolecular Hbond substituents is 1. The Balaban J connectivity index is 2.16. The van der Waals surface area contributed by atoms with Gasteiger partial charge in [-0.1, -0.05) is 6.92 Å². The zero-order valence-electron chi connectivity index (χ0n) is 11.0. The van der Waals surface area contributed by atoms with E-state index in [-0.39, 0.29) is 23.4 Å². The van der Waals surface area contributed by atoms with Gasteiger partial charge in [0.25, 0.3) is 5.91 Å². The van der Waals surface area contributed by atoms with Crippen molar-refractivity contribution in [3.8, 4) is 11.5 Å². The van der Waals surface area contributed by atoms with Gasteiger partial charge in [-0.2, -0.15) is 0 Å². The summed E-state index contributed by atoms with van der Waals surface area (Å²) < 4.78 is 4.94. The van der Waals surface area contributed by atoms with E-state index in [4.69, 9.17) is 4.74 Å². The molecule has 19 heavy (non-hydrogen) atoms. The highest BCUT2D eigenvalue weighted by atomic mass is 16.5. The summed E-state index contributed by atoms with van der Waals surface area (Å²) in [5, 5.41) is 9.68. The van der Waals surface area contributed by atoms with E-state index in [9.17, 15) is 14.7 Å². The van der Waals surface area contributed by atoms with Crippen LogP contribution in [0.5, 0.6) is 11.5 Å². The molecule has 5 nitrogen and oxygen atoms in total. The van der Waals surface area contributed by atoms with Crippen molar-refractivity contribution in [3.05, 3.63) is 23.8 Å². The summed E-state index contributed by atoms with van der Waals surface area (Å²) in [5.41, 5.74) is 0.403. The Bertz CT molecular complexity index is 512. The third kappa shape index (κ3) is 2.70. The smallest absolute Gasteiger partial charge is 0.254 e. The van der Waals surface area contributed by atoms with Crippen LogP contribution >= 0.6 is 0 Å². The number of nitrogens with zero attached hydrogens (tertiary/aromatic N) is 1. The van der Waals surface area contributed by atoms with E-state index in [0.717, 1.165) is 0 Å². The van der Waals surface area contributed by atoms with Crippen molar-refractivity contribution in [2.75, 3.05) is 20.2 Å². The van der Waals surface area contributed by atoms with E-state index in [1.54, 1.807) is 17.0 Å². The van der Waals surface area contributed by atoms with Crippen LogP contribution in [0.2, 0.25) is 0 Å². The average Bonchev–Trinajstić information content (AvgIpc) is 2.41. The summed E-state index contributed by atoms with van der Waals surface area (Å²) in [6.45, 7) is 2.70. The zero-order chi connectivity index (χ0) is 14.0. The molecule has 1 unspecified atom stereocenters. The molecule has 1 atom stereocenters. The lowest BCUT2D eigenvalue weighted by Crippen LogP contribution is -2.43. The number of rotatable bonds is 2. The van der Waals surface area contributed by atoms with Gasteiger partial charge in [-0.25, -0.2) is 0 Å². The number of amides is 1. The molecule has 1 N–H and O–H groups in total. The minimum absolute atomic E-state index is 0.0607. The van der Waals surface area contributed by atoms with Gasteiger partial charge in [-0.3, -0.25) is 9.59 Å². The topological polar surface area (TPSA) is 66.8 Å². The fourth-order valence-electron chi connectivity index (χ4n) is 2.21. The number of hydrogen-bond acceptors (Lipinski definition) is 4. The molecule has 1 aliphatic rings. The van der Waals surface area contributed by atoms with Crippen LogP contribution in [0.25, 0.3) is 0 Å². The average molecular weight is 263 g/mol. The van der Waals surface area contributed by atoms with Gasteiger partial charge < -0.3 is 14.7 Å². The van der Waals surface area contributed by atoms with Gasteiger partial charge in [0.1, 0.15) is 5.78 Å². The van der Waals surface area contributed by atoms with E-state index >= 15 is 0 Å². The summed E-state index contributed by atoms with van der Waals surface area (Å²) in [7, 11) is 1.45. The summed E-state index contributed by atoms with van der Waals surface area (Å²) in [6, 6.07) is 4.56. The fourth-order valence-corrected chi connectivity index (χ4v) is 2.21. The van der Waals surface area contributed by atoms with Crippen molar-refractivity contribution in [2.45, 2.75) is 13.3 Å². The molecule has 102 valence electrons. The van der Waals surface area contributed by atoms with E-state index < -0.39 is 0 Å². The van der Waals surface area contributed by atoms with Crippen LogP contribution < -0.4 is 4.74 Å². The van der Waals surface area contributed by atoms with Crippen LogP contribution in [0.4, 0.5) is 0 Å². The monoisotopic (exact) mass is 263 g/mol. The minimum atomic E-state index is -0.169. The van der Waals surface area contributed by atoms with Crippen LogP contribution in [-0.4, -0.2) is 41.9 Å². The Kier molecular flexibility index (Phi) is 3.74. The van der Waals surface area contributed by atoms with Gasteiger partial charge in [0.05, 0.1) is 7.11 Å². The molecule has 1 saturated heterocycles. The molecule has 1 aromatic carbocycles. The summed E-state index contributed by atoms with van der Waals surface area (Å²) in [6.07, 6.45) is 0.398. The van der Waals surface area contributed by atoms with Gasteiger partial charge in [0.2, 0.25) is 0 Å². The maximum atomic E-state index is 12.3. The van der Waals surface area contributed by atoms with E-state index in [2.05, 4.69) is 0 Å². The van der Waals surface area contributed by atoms with Crippen molar-refractivity contribution in [1.82, 2.24) is 4.90 Å². The number of ether oxygens (including phenoxy) is 1. The molecule has 1 aliphatic heterocycles. The summed E-state index contributed by atoms with van der Waals surface area (Å²) in [4.78, 5) is 25.4. The molecule has 5 heteroatoms. The predicted octanol–water partition coefficient (Wildman–Crippen LogP) is 1.45. The van der Waals surface area contributed by atoms with Crippen molar-refractivity contribution < 1.29 is 19.4 Å². The number of Topliss-reactive ketones (excluding diaryl/α,β-unsaturated/α-hetero) is 1. The number of phenols is 1. The first-order valence-electron chi connectivity index (χ1n) is 6.22. The normalized spacial score (nSPS) is 19.4. The fraction of sp³-hybridized carbons (Fsp3) is 0.429. The predicted molar refractivity (Wildman–Crippen MR) is 69.4 cm³/mol. The van der Waals surface area contributed by atoms with Crippen LogP contribution in [0.1, 0.15) is 23.7 Å². The second-order valence-corrected chi connectivity index (χ2v) is 4.76. The van der Waals surface area contributed by atoms with E-state index in [1.807, 2.05) is 6.92 Å². The van der Waals surface area contributed by atoms with E-state index in [1.165, 1.54) is 13.2 Å². The van der Waals surface area contributed by atoms with Gasteiger partial charge >= 0.3 is 0 Å². The standard InChI is InChI=1S/C14H17NO4/c1-9-8-15(6-5-11(9)16)14(18)10-3-4-13(19-2)12(17)7-10/h3-4,7,9,17H,5-6,8H2,1-2H3. The van der Waals surface area contributed by atoms with Gasteiger partial charge in [-0.15, -0.1) is 0 Å². The number of piperidine rings is 1. The molecule has 1 heterocycles. The molecule has 0 aliphatic carbocycles. The number of methoxy groups -OCH3 is 1. The molecule has 0 aromatic heterocycles. The van der Waals surface area contributed by atoms with Gasteiger partial charge in [-0.05, 0) is 18.2 Å². The first-order valence-corrected chi connectivity index (χ1v) is 6.22. The number of likely N-dealkylation sites (tertiary alicyclic amines) is 1. The molecular weight excluding hydrogens is 246 g/mol. The maximum absolute atomic E-state index is 12.3. The Morgan fingerprint density at radius 1 is 1.47 bits per heavy atom. The molecule has 0 radical (unpaired) electrons. The first kappa shape index (κ1) is 13.4. The first-order chi connectivity index (χ1) is 9.02. The summed E-state index contributed by atoms with van der Waals surface area (Å²) in [5.74, 6) is 0.178. The Morgan fingerprint density at radius 2 is 2.21 bits per heavy atom. The molecule has 1 aromatic rings. The highest BCUT2D eigenvalue weighted by Crippen LogP contribution is 2.27. The number of carbonyl (C=O) groups excluding carboxylic acids is 2. The highest BCUT2D eigenvalue weighted by molar-refractivity contribution is 5.96. The number of ketones is 1. The lowest BCUT2D eigenvalue weighted by molar-refractivity contribution is -0.124. The molecule has 1 amide bonds. The second-order valence-electron chi connectivity index (χ2n) is 4.76. The second kappa shape index (κ2) is 5.30. The minimum Gasteiger partial charge on any atom is -0.504 e. The Hall–Kier alpha value is -2.04. The van der Waals surface area contributed by atoms with Crippen LogP contribution in [0.3, 0.4) is 0 Å². The van der Waals surface area contributed by atoms with Crippen molar-refractivity contribution in [1.29, 1.82) is 0 Å². The summed E-state index contributed by atoms with van der Waals surface area (Å²) >= 11 is 0. The highest BCUT2D eigenvalue weighted by Gasteiger charge is 2.27. The van der Waals surface area contributed by atoms with Crippen LogP contribution in [0.15, 0.2) is 18.2 Å². The lowest BCUT2D eigenvalue weighted by Gasteiger charge is -2.30. The number of aromatic hydroxyl groups is 1. The van der Waals surface area contributed by atoms with Crippen molar-refractivity contribution in [2.24, 2.45) is 5.92 Å². The van der Waals surface area contributed by atoms with Crippen molar-refractivity contribution in [3.63, 3.8) is 0 Å². The largest absolute Gasteiger partial charge is 0.504 e.